The van der Waals surface area contributed by atoms with Gasteiger partial charge in [-0.25, -0.2) is 0 Å². The van der Waals surface area contributed by atoms with E-state index in [4.69, 9.17) is 16.7 Å². The van der Waals surface area contributed by atoms with Gasteiger partial charge in [-0.3, -0.25) is 4.79 Å². The summed E-state index contributed by atoms with van der Waals surface area (Å²) in [7, 11) is 1.75. The van der Waals surface area contributed by atoms with Crippen molar-refractivity contribution in [3.8, 4) is 0 Å². The van der Waals surface area contributed by atoms with E-state index >= 15 is 0 Å². The molecule has 1 unspecified atom stereocenters. The Morgan fingerprint density at radius 1 is 1.48 bits per heavy atom. The second-order valence-electron chi connectivity index (χ2n) is 5.47. The lowest BCUT2D eigenvalue weighted by Crippen LogP contribution is -2.32. The SMILES string of the molecule is CNC1C(=O)Nc2cc(N(CCCO)C(C)C)c(Cl)cc21. The third-order valence-electron chi connectivity index (χ3n) is 3.73. The second-order valence-corrected chi connectivity index (χ2v) is 5.87. The lowest BCUT2D eigenvalue weighted by molar-refractivity contribution is -0.117. The number of carbonyl (C=O) groups excluding carboxylic acids is 1. The smallest absolute Gasteiger partial charge is 0.246 e. The Morgan fingerprint density at radius 2 is 2.19 bits per heavy atom. The number of likely N-dealkylation sites (N-methyl/N-ethyl adjacent to an activating group) is 1. The summed E-state index contributed by atoms with van der Waals surface area (Å²) in [4.78, 5) is 14.0. The van der Waals surface area contributed by atoms with Crippen LogP contribution in [-0.4, -0.2) is 37.3 Å². The van der Waals surface area contributed by atoms with Crippen LogP contribution in [0, 0.1) is 0 Å². The van der Waals surface area contributed by atoms with Gasteiger partial charge in [0.05, 0.1) is 10.7 Å². The van der Waals surface area contributed by atoms with E-state index in [0.717, 1.165) is 23.5 Å². The molecule has 1 heterocycles. The number of hydrogen-bond donors (Lipinski definition) is 3. The van der Waals surface area contributed by atoms with Crippen LogP contribution in [0.25, 0.3) is 0 Å². The number of benzene rings is 1. The van der Waals surface area contributed by atoms with Crippen molar-refractivity contribution >= 4 is 28.9 Å². The molecule has 5 nitrogen and oxygen atoms in total. The van der Waals surface area contributed by atoms with Crippen molar-refractivity contribution in [1.82, 2.24) is 5.32 Å². The number of carbonyl (C=O) groups is 1. The van der Waals surface area contributed by atoms with Gasteiger partial charge in [-0.05, 0) is 39.4 Å². The summed E-state index contributed by atoms with van der Waals surface area (Å²) < 4.78 is 0. The molecule has 1 atom stereocenters. The first kappa shape index (κ1) is 16.1. The Balaban J connectivity index is 2.38. The molecule has 1 amide bonds. The molecular weight excluding hydrogens is 290 g/mol. The largest absolute Gasteiger partial charge is 0.396 e. The first-order valence-corrected chi connectivity index (χ1v) is 7.56. The van der Waals surface area contributed by atoms with Crippen molar-refractivity contribution in [3.63, 3.8) is 0 Å². The summed E-state index contributed by atoms with van der Waals surface area (Å²) in [6.45, 7) is 5.02. The molecule has 0 saturated heterocycles. The molecular formula is C15H22ClN3O2. The van der Waals surface area contributed by atoms with Gasteiger partial charge in [0.25, 0.3) is 0 Å². The van der Waals surface area contributed by atoms with Gasteiger partial charge in [-0.2, -0.15) is 0 Å². The molecule has 1 aromatic carbocycles. The minimum atomic E-state index is -0.350. The lowest BCUT2D eigenvalue weighted by atomic mass is 10.1. The van der Waals surface area contributed by atoms with E-state index < -0.39 is 0 Å². The zero-order chi connectivity index (χ0) is 15.6. The highest BCUT2D eigenvalue weighted by Crippen LogP contribution is 2.39. The van der Waals surface area contributed by atoms with Crippen LogP contribution in [0.5, 0.6) is 0 Å². The molecule has 0 saturated carbocycles. The number of nitrogens with one attached hydrogen (secondary N) is 2. The van der Waals surface area contributed by atoms with Crippen molar-refractivity contribution in [2.45, 2.75) is 32.4 Å². The summed E-state index contributed by atoms with van der Waals surface area (Å²) in [5.41, 5.74) is 2.56. The van der Waals surface area contributed by atoms with Gasteiger partial charge in [0, 0.05) is 30.4 Å². The average Bonchev–Trinajstić information content (AvgIpc) is 2.73. The van der Waals surface area contributed by atoms with E-state index in [0.29, 0.717) is 11.4 Å². The number of aliphatic hydroxyl groups is 1. The standard InChI is InChI=1S/C15H22ClN3O2/c1-9(2)19(5-4-6-20)13-8-12-10(7-11(13)16)14(17-3)15(21)18-12/h7-9,14,17,20H,4-6H2,1-3H3,(H,18,21). The molecule has 0 spiro atoms. The quantitative estimate of drug-likeness (QED) is 0.753. The predicted molar refractivity (Wildman–Crippen MR) is 86.1 cm³/mol. The van der Waals surface area contributed by atoms with E-state index in [1.807, 2.05) is 12.1 Å². The second kappa shape index (κ2) is 6.64. The monoisotopic (exact) mass is 311 g/mol. The number of fused-ring (bicyclic) bond motifs is 1. The van der Waals surface area contributed by atoms with Crippen LogP contribution in [-0.2, 0) is 4.79 Å². The summed E-state index contributed by atoms with van der Waals surface area (Å²) in [6.07, 6.45) is 0.678. The Hall–Kier alpha value is -1.30. The van der Waals surface area contributed by atoms with E-state index in [1.165, 1.54) is 0 Å². The van der Waals surface area contributed by atoms with E-state index in [-0.39, 0.29) is 24.6 Å². The molecule has 1 aliphatic heterocycles. The van der Waals surface area contributed by atoms with Crippen LogP contribution >= 0.6 is 11.6 Å². The van der Waals surface area contributed by atoms with Gasteiger partial charge >= 0.3 is 0 Å². The molecule has 0 fully saturated rings. The highest BCUT2D eigenvalue weighted by molar-refractivity contribution is 6.33. The van der Waals surface area contributed by atoms with Crippen molar-refractivity contribution in [3.05, 3.63) is 22.7 Å². The fraction of sp³-hybridized carbons (Fsp3) is 0.533. The number of hydrogen-bond acceptors (Lipinski definition) is 4. The lowest BCUT2D eigenvalue weighted by Gasteiger charge is -2.30. The maximum absolute atomic E-state index is 11.9. The van der Waals surface area contributed by atoms with Crippen molar-refractivity contribution in [2.24, 2.45) is 0 Å². The average molecular weight is 312 g/mol. The number of amides is 1. The maximum Gasteiger partial charge on any atom is 0.246 e. The maximum atomic E-state index is 11.9. The molecule has 0 bridgehead atoms. The Kier molecular flexibility index (Phi) is 5.08. The minimum Gasteiger partial charge on any atom is -0.396 e. The third kappa shape index (κ3) is 3.15. The highest BCUT2D eigenvalue weighted by Gasteiger charge is 2.31. The Labute approximate surface area is 130 Å². The van der Waals surface area contributed by atoms with Crippen LogP contribution in [0.1, 0.15) is 31.9 Å². The topological polar surface area (TPSA) is 64.6 Å². The molecule has 3 N–H and O–H groups in total. The van der Waals surface area contributed by atoms with Gasteiger partial charge < -0.3 is 20.6 Å². The van der Waals surface area contributed by atoms with E-state index in [2.05, 4.69) is 29.4 Å². The summed E-state index contributed by atoms with van der Waals surface area (Å²) in [6, 6.07) is 3.67. The van der Waals surface area contributed by atoms with E-state index in [1.54, 1.807) is 7.05 Å². The fourth-order valence-electron chi connectivity index (χ4n) is 2.68. The Morgan fingerprint density at radius 3 is 2.76 bits per heavy atom. The molecule has 116 valence electrons. The molecule has 0 radical (unpaired) electrons. The molecule has 0 aromatic heterocycles. The minimum absolute atomic E-state index is 0.0628. The molecule has 21 heavy (non-hydrogen) atoms. The summed E-state index contributed by atoms with van der Waals surface area (Å²) in [5, 5.41) is 15.5. The molecule has 1 aliphatic rings. The van der Waals surface area contributed by atoms with Crippen molar-refractivity contribution < 1.29 is 9.90 Å². The van der Waals surface area contributed by atoms with Gasteiger partial charge in [0.2, 0.25) is 5.91 Å². The fourth-order valence-corrected chi connectivity index (χ4v) is 2.96. The predicted octanol–water partition coefficient (Wildman–Crippen LogP) is 2.15. The van der Waals surface area contributed by atoms with Crippen LogP contribution in [0.3, 0.4) is 0 Å². The van der Waals surface area contributed by atoms with Crippen molar-refractivity contribution in [2.75, 3.05) is 30.4 Å². The van der Waals surface area contributed by atoms with Crippen LogP contribution in [0.4, 0.5) is 11.4 Å². The number of rotatable bonds is 6. The van der Waals surface area contributed by atoms with Gasteiger partial charge in [0.15, 0.2) is 0 Å². The van der Waals surface area contributed by atoms with Gasteiger partial charge in [-0.1, -0.05) is 11.6 Å². The van der Waals surface area contributed by atoms with Crippen LogP contribution in [0.2, 0.25) is 5.02 Å². The zero-order valence-electron chi connectivity index (χ0n) is 12.6. The van der Waals surface area contributed by atoms with Crippen LogP contribution < -0.4 is 15.5 Å². The van der Waals surface area contributed by atoms with Crippen LogP contribution in [0.15, 0.2) is 12.1 Å². The molecule has 1 aromatic rings. The number of nitrogens with zero attached hydrogens (tertiary/aromatic N) is 1. The van der Waals surface area contributed by atoms with Gasteiger partial charge in [-0.15, -0.1) is 0 Å². The third-order valence-corrected chi connectivity index (χ3v) is 4.03. The first-order valence-electron chi connectivity index (χ1n) is 7.18. The number of halogens is 1. The molecule has 2 rings (SSSR count). The zero-order valence-corrected chi connectivity index (χ0v) is 13.4. The number of anilines is 2. The summed E-state index contributed by atoms with van der Waals surface area (Å²) in [5.74, 6) is -0.0628. The molecule has 6 heteroatoms. The summed E-state index contributed by atoms with van der Waals surface area (Å²) >= 11 is 6.42. The van der Waals surface area contributed by atoms with E-state index in [9.17, 15) is 4.79 Å². The Bertz CT molecular complexity index is 534. The first-order chi connectivity index (χ1) is 9.99. The number of aliphatic hydroxyl groups excluding tert-OH is 1. The normalized spacial score (nSPS) is 17.0. The van der Waals surface area contributed by atoms with Gasteiger partial charge in [0.1, 0.15) is 6.04 Å². The highest BCUT2D eigenvalue weighted by atomic mass is 35.5. The molecule has 0 aliphatic carbocycles. The van der Waals surface area contributed by atoms with Crippen molar-refractivity contribution in [1.29, 1.82) is 0 Å².